The van der Waals surface area contributed by atoms with Crippen LogP contribution in [0, 0.1) is 0 Å². The van der Waals surface area contributed by atoms with Crippen molar-refractivity contribution in [2.24, 2.45) is 0 Å². The first kappa shape index (κ1) is 18.7. The normalized spacial score (nSPS) is 19.2. The molecule has 0 saturated carbocycles. The predicted octanol–water partition coefficient (Wildman–Crippen LogP) is 1.86. The van der Waals surface area contributed by atoms with E-state index in [1.165, 1.54) is 0 Å². The largest absolute Gasteiger partial charge is 0.338 e. The monoisotopic (exact) mass is 357 g/mol. The SMILES string of the molecule is CCCCS(=O)(=O)N1CCCC(c2[nH]ncc2NC(=O)NCC)C1. The van der Waals surface area contributed by atoms with Crippen LogP contribution in [0.2, 0.25) is 0 Å². The van der Waals surface area contributed by atoms with Gasteiger partial charge in [0.1, 0.15) is 0 Å². The quantitative estimate of drug-likeness (QED) is 0.692. The number of carbonyl (C=O) groups is 1. The molecule has 1 aliphatic rings. The van der Waals surface area contributed by atoms with E-state index < -0.39 is 10.0 Å². The molecule has 1 aromatic rings. The van der Waals surface area contributed by atoms with Crippen LogP contribution in [0.5, 0.6) is 0 Å². The van der Waals surface area contributed by atoms with Gasteiger partial charge in [0.25, 0.3) is 0 Å². The van der Waals surface area contributed by atoms with Crippen molar-refractivity contribution in [3.63, 3.8) is 0 Å². The molecule has 0 aliphatic carbocycles. The Balaban J connectivity index is 2.07. The number of piperidine rings is 1. The van der Waals surface area contributed by atoms with Crippen molar-refractivity contribution in [2.45, 2.75) is 45.4 Å². The number of carbonyl (C=O) groups excluding carboxylic acids is 1. The smallest absolute Gasteiger partial charge is 0.319 e. The second-order valence-electron chi connectivity index (χ2n) is 6.05. The fourth-order valence-corrected chi connectivity index (χ4v) is 4.65. The molecule has 0 aromatic carbocycles. The molecule has 136 valence electrons. The Morgan fingerprint density at radius 3 is 2.96 bits per heavy atom. The Hall–Kier alpha value is -1.61. The molecule has 1 aromatic heterocycles. The first-order valence-corrected chi connectivity index (χ1v) is 10.1. The van der Waals surface area contributed by atoms with Crippen LogP contribution < -0.4 is 10.6 Å². The highest BCUT2D eigenvalue weighted by Gasteiger charge is 2.31. The molecule has 0 spiro atoms. The summed E-state index contributed by atoms with van der Waals surface area (Å²) in [6, 6.07) is -0.289. The van der Waals surface area contributed by atoms with E-state index in [0.29, 0.717) is 31.7 Å². The third kappa shape index (κ3) is 4.70. The van der Waals surface area contributed by atoms with Gasteiger partial charge in [0.05, 0.1) is 23.3 Å². The Morgan fingerprint density at radius 2 is 2.25 bits per heavy atom. The summed E-state index contributed by atoms with van der Waals surface area (Å²) in [4.78, 5) is 11.7. The summed E-state index contributed by atoms with van der Waals surface area (Å²) in [6.45, 7) is 5.36. The van der Waals surface area contributed by atoms with Gasteiger partial charge >= 0.3 is 6.03 Å². The van der Waals surface area contributed by atoms with Crippen molar-refractivity contribution in [3.8, 4) is 0 Å². The van der Waals surface area contributed by atoms with Gasteiger partial charge in [-0.2, -0.15) is 5.10 Å². The van der Waals surface area contributed by atoms with Gasteiger partial charge < -0.3 is 10.6 Å². The van der Waals surface area contributed by atoms with Gasteiger partial charge in [-0.1, -0.05) is 13.3 Å². The van der Waals surface area contributed by atoms with Crippen molar-refractivity contribution in [1.82, 2.24) is 19.8 Å². The van der Waals surface area contributed by atoms with Crippen LogP contribution in [0.25, 0.3) is 0 Å². The molecule has 1 fully saturated rings. The van der Waals surface area contributed by atoms with Crippen LogP contribution in [0.3, 0.4) is 0 Å². The molecule has 9 heteroatoms. The van der Waals surface area contributed by atoms with E-state index in [4.69, 9.17) is 0 Å². The summed E-state index contributed by atoms with van der Waals surface area (Å²) >= 11 is 0. The van der Waals surface area contributed by atoms with Crippen molar-refractivity contribution in [1.29, 1.82) is 0 Å². The van der Waals surface area contributed by atoms with Gasteiger partial charge in [-0.15, -0.1) is 0 Å². The molecule has 0 bridgehead atoms. The lowest BCUT2D eigenvalue weighted by molar-refractivity contribution is 0.252. The maximum absolute atomic E-state index is 12.4. The number of amides is 2. The number of H-pyrrole nitrogens is 1. The standard InChI is InChI=1S/C15H27N5O3S/c1-3-5-9-24(22,23)20-8-6-7-12(11-20)14-13(10-17-19-14)18-15(21)16-4-2/h10,12H,3-9,11H2,1-2H3,(H,17,19)(H2,16,18,21). The number of unbranched alkanes of at least 4 members (excludes halogenated alkanes) is 1. The number of hydrogen-bond acceptors (Lipinski definition) is 4. The highest BCUT2D eigenvalue weighted by Crippen LogP contribution is 2.31. The summed E-state index contributed by atoms with van der Waals surface area (Å²) in [7, 11) is -3.21. The van der Waals surface area contributed by atoms with Gasteiger partial charge in [0.2, 0.25) is 10.0 Å². The van der Waals surface area contributed by atoms with E-state index in [-0.39, 0.29) is 17.7 Å². The molecule has 1 atom stereocenters. The van der Waals surface area contributed by atoms with Gasteiger partial charge in [0.15, 0.2) is 0 Å². The van der Waals surface area contributed by atoms with Gasteiger partial charge in [0, 0.05) is 25.6 Å². The molecule has 8 nitrogen and oxygen atoms in total. The van der Waals surface area contributed by atoms with E-state index in [1.807, 2.05) is 13.8 Å². The summed E-state index contributed by atoms with van der Waals surface area (Å²) in [5.41, 5.74) is 1.40. The second-order valence-corrected chi connectivity index (χ2v) is 8.14. The molecule has 2 amide bonds. The molecule has 0 radical (unpaired) electrons. The topological polar surface area (TPSA) is 107 Å². The van der Waals surface area contributed by atoms with Gasteiger partial charge in [-0.25, -0.2) is 17.5 Å². The minimum atomic E-state index is -3.21. The lowest BCUT2D eigenvalue weighted by atomic mass is 9.95. The lowest BCUT2D eigenvalue weighted by Crippen LogP contribution is -2.40. The molecule has 1 aliphatic heterocycles. The fraction of sp³-hybridized carbons (Fsp3) is 0.733. The van der Waals surface area contributed by atoms with E-state index in [9.17, 15) is 13.2 Å². The zero-order valence-corrected chi connectivity index (χ0v) is 15.2. The third-order valence-corrected chi connectivity index (χ3v) is 6.12. The van der Waals surface area contributed by atoms with Gasteiger partial charge in [-0.3, -0.25) is 5.10 Å². The van der Waals surface area contributed by atoms with Crippen LogP contribution in [0.4, 0.5) is 10.5 Å². The highest BCUT2D eigenvalue weighted by atomic mass is 32.2. The van der Waals surface area contributed by atoms with Crippen LogP contribution in [0.1, 0.15) is 51.1 Å². The van der Waals surface area contributed by atoms with E-state index in [0.717, 1.165) is 25.0 Å². The first-order chi connectivity index (χ1) is 11.5. The number of anilines is 1. The number of nitrogens with zero attached hydrogens (tertiary/aromatic N) is 2. The number of rotatable bonds is 7. The number of hydrogen-bond donors (Lipinski definition) is 3. The van der Waals surface area contributed by atoms with Crippen molar-refractivity contribution in [3.05, 3.63) is 11.9 Å². The average Bonchev–Trinajstić information content (AvgIpc) is 3.01. The number of aromatic nitrogens is 2. The molecule has 2 heterocycles. The van der Waals surface area contributed by atoms with Crippen molar-refractivity contribution in [2.75, 3.05) is 30.7 Å². The number of urea groups is 1. The summed E-state index contributed by atoms with van der Waals surface area (Å²) < 4.78 is 26.4. The molecule has 1 saturated heterocycles. The predicted molar refractivity (Wildman–Crippen MR) is 93.5 cm³/mol. The van der Waals surface area contributed by atoms with Crippen molar-refractivity contribution >= 4 is 21.7 Å². The van der Waals surface area contributed by atoms with E-state index in [1.54, 1.807) is 10.5 Å². The molecular weight excluding hydrogens is 330 g/mol. The molecule has 2 rings (SSSR count). The van der Waals surface area contributed by atoms with Crippen LogP contribution in [-0.2, 0) is 10.0 Å². The maximum atomic E-state index is 12.4. The van der Waals surface area contributed by atoms with Crippen LogP contribution in [-0.4, -0.2) is 54.3 Å². The Kier molecular flexibility index (Phi) is 6.61. The molecule has 1 unspecified atom stereocenters. The average molecular weight is 357 g/mol. The minimum absolute atomic E-state index is 0.00887. The third-order valence-electron chi connectivity index (χ3n) is 4.20. The summed E-state index contributed by atoms with van der Waals surface area (Å²) in [6.07, 6.45) is 4.77. The second kappa shape index (κ2) is 8.48. The summed E-state index contributed by atoms with van der Waals surface area (Å²) in [5, 5.41) is 12.4. The number of sulfonamides is 1. The van der Waals surface area contributed by atoms with E-state index >= 15 is 0 Å². The van der Waals surface area contributed by atoms with Crippen LogP contribution >= 0.6 is 0 Å². The molecule has 24 heavy (non-hydrogen) atoms. The number of aromatic amines is 1. The Labute approximate surface area is 143 Å². The Bertz CT molecular complexity index is 643. The maximum Gasteiger partial charge on any atom is 0.319 e. The highest BCUT2D eigenvalue weighted by molar-refractivity contribution is 7.89. The van der Waals surface area contributed by atoms with Crippen molar-refractivity contribution < 1.29 is 13.2 Å². The zero-order valence-electron chi connectivity index (χ0n) is 14.3. The molecule has 3 N–H and O–H groups in total. The first-order valence-electron chi connectivity index (χ1n) is 8.53. The zero-order chi connectivity index (χ0) is 17.6. The molecular formula is C15H27N5O3S. The minimum Gasteiger partial charge on any atom is -0.338 e. The Morgan fingerprint density at radius 1 is 1.46 bits per heavy atom. The lowest BCUT2D eigenvalue weighted by Gasteiger charge is -2.31. The number of nitrogens with one attached hydrogen (secondary N) is 3. The summed E-state index contributed by atoms with van der Waals surface area (Å²) in [5.74, 6) is 0.206. The fourth-order valence-electron chi connectivity index (χ4n) is 2.92. The van der Waals surface area contributed by atoms with E-state index in [2.05, 4.69) is 20.8 Å². The van der Waals surface area contributed by atoms with Gasteiger partial charge in [-0.05, 0) is 26.2 Å². The van der Waals surface area contributed by atoms with Crippen LogP contribution in [0.15, 0.2) is 6.20 Å².